The van der Waals surface area contributed by atoms with Crippen molar-refractivity contribution in [2.24, 2.45) is 5.92 Å². The highest BCUT2D eigenvalue weighted by atomic mass is 19.3. The van der Waals surface area contributed by atoms with Crippen LogP contribution in [0.5, 0.6) is 0 Å². The van der Waals surface area contributed by atoms with Crippen LogP contribution in [0.2, 0.25) is 0 Å². The molecule has 1 rings (SSSR count). The summed E-state index contributed by atoms with van der Waals surface area (Å²) in [5.41, 5.74) is 0. The number of rotatable bonds is 4. The minimum Gasteiger partial charge on any atom is -0.350 e. The Morgan fingerprint density at radius 2 is 2.19 bits per heavy atom. The van der Waals surface area contributed by atoms with Crippen LogP contribution in [-0.4, -0.2) is 49.8 Å². The molecule has 7 heteroatoms. The Labute approximate surface area is 90.8 Å². The number of carbonyl (C=O) groups is 1. The molecule has 0 aliphatic carbocycles. The molecule has 1 aliphatic rings. The maximum Gasteiger partial charge on any atom is 0.383 e. The predicted molar refractivity (Wildman–Crippen MR) is 49.6 cm³/mol. The lowest BCUT2D eigenvalue weighted by atomic mass is 10.1. The molecule has 1 fully saturated rings. The number of hydrogen-bond acceptors (Lipinski definition) is 2. The van der Waals surface area contributed by atoms with E-state index in [1.165, 1.54) is 0 Å². The predicted octanol–water partition coefficient (Wildman–Crippen LogP) is 0.955. The molecule has 3 nitrogen and oxygen atoms in total. The summed E-state index contributed by atoms with van der Waals surface area (Å²) in [4.78, 5) is 12.8. The molecule has 1 N–H and O–H groups in total. The minimum absolute atomic E-state index is 0.0193. The highest BCUT2D eigenvalue weighted by Gasteiger charge is 2.48. The molecule has 1 atom stereocenters. The van der Waals surface area contributed by atoms with Crippen LogP contribution >= 0.6 is 0 Å². The molecule has 0 aromatic heterocycles. The standard InChI is InChI=1S/C9H14F4N2O/c1-15-3-2-6(5-15)4-14-8(16)9(12,13)7(10)11/h6-7H,2-5H2,1H3,(H,14,16). The Bertz CT molecular complexity index is 260. The van der Waals surface area contributed by atoms with Gasteiger partial charge in [-0.15, -0.1) is 0 Å². The van der Waals surface area contributed by atoms with Gasteiger partial charge in [0, 0.05) is 13.1 Å². The van der Waals surface area contributed by atoms with Crippen LogP contribution in [0.4, 0.5) is 17.6 Å². The van der Waals surface area contributed by atoms with E-state index in [1.807, 2.05) is 17.3 Å². The molecule has 0 saturated carbocycles. The third-order valence-corrected chi connectivity index (χ3v) is 2.62. The number of nitrogens with one attached hydrogen (secondary N) is 1. The molecule has 0 aromatic rings. The van der Waals surface area contributed by atoms with Crippen LogP contribution < -0.4 is 5.32 Å². The first-order chi connectivity index (χ1) is 7.34. The van der Waals surface area contributed by atoms with Gasteiger partial charge in [0.1, 0.15) is 0 Å². The van der Waals surface area contributed by atoms with Crippen molar-refractivity contribution in [1.29, 1.82) is 0 Å². The number of carbonyl (C=O) groups excluding carboxylic acids is 1. The molecule has 94 valence electrons. The second kappa shape index (κ2) is 4.99. The zero-order chi connectivity index (χ0) is 12.3. The van der Waals surface area contributed by atoms with Crippen LogP contribution in [0.3, 0.4) is 0 Å². The van der Waals surface area contributed by atoms with Crippen molar-refractivity contribution in [2.45, 2.75) is 18.8 Å². The van der Waals surface area contributed by atoms with Gasteiger partial charge in [-0.1, -0.05) is 0 Å². The molecule has 1 saturated heterocycles. The summed E-state index contributed by atoms with van der Waals surface area (Å²) >= 11 is 0. The number of amides is 1. The first-order valence-corrected chi connectivity index (χ1v) is 4.97. The van der Waals surface area contributed by atoms with E-state index in [0.29, 0.717) is 6.54 Å². The molecule has 0 bridgehead atoms. The fourth-order valence-corrected chi connectivity index (χ4v) is 1.65. The van der Waals surface area contributed by atoms with Crippen LogP contribution in [0, 0.1) is 5.92 Å². The zero-order valence-corrected chi connectivity index (χ0v) is 8.85. The summed E-state index contributed by atoms with van der Waals surface area (Å²) in [6.45, 7) is 1.53. The average Bonchev–Trinajstić information content (AvgIpc) is 2.60. The van der Waals surface area contributed by atoms with Crippen molar-refractivity contribution in [3.8, 4) is 0 Å². The first-order valence-electron chi connectivity index (χ1n) is 4.97. The van der Waals surface area contributed by atoms with Crippen LogP contribution in [0.25, 0.3) is 0 Å². The smallest absolute Gasteiger partial charge is 0.350 e. The number of nitrogens with zero attached hydrogens (tertiary/aromatic N) is 1. The summed E-state index contributed by atoms with van der Waals surface area (Å²) < 4.78 is 48.6. The van der Waals surface area contributed by atoms with Gasteiger partial charge in [0.05, 0.1) is 0 Å². The summed E-state index contributed by atoms with van der Waals surface area (Å²) in [5.74, 6) is -6.43. The lowest BCUT2D eigenvalue weighted by molar-refractivity contribution is -0.169. The van der Waals surface area contributed by atoms with Gasteiger partial charge in [0.25, 0.3) is 5.91 Å². The minimum atomic E-state index is -4.59. The Morgan fingerprint density at radius 3 is 2.62 bits per heavy atom. The van der Waals surface area contributed by atoms with E-state index >= 15 is 0 Å². The number of halogens is 4. The molecule has 1 amide bonds. The first kappa shape index (κ1) is 13.2. The van der Waals surface area contributed by atoms with Gasteiger partial charge >= 0.3 is 12.3 Å². The van der Waals surface area contributed by atoms with E-state index in [4.69, 9.17) is 0 Å². The van der Waals surface area contributed by atoms with Crippen molar-refractivity contribution in [1.82, 2.24) is 10.2 Å². The fraction of sp³-hybridized carbons (Fsp3) is 0.889. The summed E-state index contributed by atoms with van der Waals surface area (Å²) in [5, 5.41) is 1.87. The van der Waals surface area contributed by atoms with E-state index in [1.54, 1.807) is 0 Å². The van der Waals surface area contributed by atoms with Crippen molar-refractivity contribution in [2.75, 3.05) is 26.7 Å². The molecule has 16 heavy (non-hydrogen) atoms. The zero-order valence-electron chi connectivity index (χ0n) is 8.85. The summed E-state index contributed by atoms with van der Waals surface area (Å²) in [7, 11) is 1.87. The van der Waals surface area contributed by atoms with E-state index in [9.17, 15) is 22.4 Å². The van der Waals surface area contributed by atoms with E-state index in [-0.39, 0.29) is 12.5 Å². The molecule has 1 heterocycles. The lowest BCUT2D eigenvalue weighted by Gasteiger charge is -2.17. The maximum absolute atomic E-state index is 12.5. The normalized spacial score (nSPS) is 22.8. The topological polar surface area (TPSA) is 32.3 Å². The second-order valence-electron chi connectivity index (χ2n) is 4.05. The second-order valence-corrected chi connectivity index (χ2v) is 4.05. The molecular formula is C9H14F4N2O. The highest BCUT2D eigenvalue weighted by molar-refractivity contribution is 5.83. The van der Waals surface area contributed by atoms with Gasteiger partial charge in [-0.25, -0.2) is 8.78 Å². The van der Waals surface area contributed by atoms with Crippen molar-refractivity contribution in [3.63, 3.8) is 0 Å². The van der Waals surface area contributed by atoms with E-state index < -0.39 is 18.3 Å². The van der Waals surface area contributed by atoms with Crippen LogP contribution in [0.1, 0.15) is 6.42 Å². The lowest BCUT2D eigenvalue weighted by Crippen LogP contribution is -2.46. The Balaban J connectivity index is 2.35. The summed E-state index contributed by atoms with van der Waals surface area (Å²) in [6, 6.07) is 0. The van der Waals surface area contributed by atoms with Crippen molar-refractivity contribution >= 4 is 5.91 Å². The average molecular weight is 242 g/mol. The monoisotopic (exact) mass is 242 g/mol. The molecule has 1 unspecified atom stereocenters. The number of alkyl halides is 4. The largest absolute Gasteiger partial charge is 0.383 e. The Morgan fingerprint density at radius 1 is 1.56 bits per heavy atom. The van der Waals surface area contributed by atoms with Gasteiger partial charge in [-0.3, -0.25) is 4.79 Å². The summed E-state index contributed by atoms with van der Waals surface area (Å²) in [6.07, 6.45) is -3.18. The van der Waals surface area contributed by atoms with Crippen LogP contribution in [-0.2, 0) is 4.79 Å². The van der Waals surface area contributed by atoms with E-state index in [2.05, 4.69) is 0 Å². The fourth-order valence-electron chi connectivity index (χ4n) is 1.65. The molecular weight excluding hydrogens is 228 g/mol. The van der Waals surface area contributed by atoms with Gasteiger partial charge < -0.3 is 10.2 Å². The molecule has 0 radical (unpaired) electrons. The SMILES string of the molecule is CN1CCC(CNC(=O)C(F)(F)C(F)F)C1. The van der Waals surface area contributed by atoms with E-state index in [0.717, 1.165) is 13.0 Å². The maximum atomic E-state index is 12.5. The molecule has 1 aliphatic heterocycles. The van der Waals surface area contributed by atoms with Crippen molar-refractivity contribution < 1.29 is 22.4 Å². The number of hydrogen-bond donors (Lipinski definition) is 1. The Hall–Kier alpha value is -0.850. The van der Waals surface area contributed by atoms with Gasteiger partial charge in [0.15, 0.2) is 0 Å². The Kier molecular flexibility index (Phi) is 4.12. The quantitative estimate of drug-likeness (QED) is 0.744. The third kappa shape index (κ3) is 3.07. The highest BCUT2D eigenvalue weighted by Crippen LogP contribution is 2.23. The van der Waals surface area contributed by atoms with Crippen LogP contribution in [0.15, 0.2) is 0 Å². The van der Waals surface area contributed by atoms with Gasteiger partial charge in [-0.2, -0.15) is 8.78 Å². The molecule has 0 spiro atoms. The van der Waals surface area contributed by atoms with Gasteiger partial charge in [-0.05, 0) is 25.9 Å². The number of likely N-dealkylation sites (tertiary alicyclic amines) is 1. The molecule has 0 aromatic carbocycles. The van der Waals surface area contributed by atoms with Crippen molar-refractivity contribution in [3.05, 3.63) is 0 Å². The van der Waals surface area contributed by atoms with Gasteiger partial charge in [0.2, 0.25) is 0 Å². The third-order valence-electron chi connectivity index (χ3n) is 2.62.